The third-order valence-corrected chi connectivity index (χ3v) is 2.23. The fourth-order valence-corrected chi connectivity index (χ4v) is 1.56. The highest BCUT2D eigenvalue weighted by Crippen LogP contribution is 2.17. The van der Waals surface area contributed by atoms with Gasteiger partial charge in [0.25, 0.3) is 0 Å². The Balaban J connectivity index is 2.11. The van der Waals surface area contributed by atoms with Gasteiger partial charge in [0, 0.05) is 28.8 Å². The van der Waals surface area contributed by atoms with E-state index >= 15 is 0 Å². The van der Waals surface area contributed by atoms with E-state index in [0.29, 0.717) is 0 Å². The minimum atomic E-state index is -0.176. The summed E-state index contributed by atoms with van der Waals surface area (Å²) >= 11 is 0. The number of aromatic nitrogens is 1. The van der Waals surface area contributed by atoms with Gasteiger partial charge in [-0.2, -0.15) is 0 Å². The number of anilines is 1. The van der Waals surface area contributed by atoms with E-state index in [1.54, 1.807) is 0 Å². The van der Waals surface area contributed by atoms with E-state index in [2.05, 4.69) is 15.6 Å². The SMILES string of the molecule is CC(C)NC(=O)Nc1ccc2[nH]ccc2c1. The molecule has 1 aromatic heterocycles. The summed E-state index contributed by atoms with van der Waals surface area (Å²) in [7, 11) is 0. The van der Waals surface area contributed by atoms with Crippen LogP contribution in [0, 0.1) is 0 Å². The number of carbonyl (C=O) groups excluding carboxylic acids is 1. The predicted molar refractivity (Wildman–Crippen MR) is 65.6 cm³/mol. The Labute approximate surface area is 94.0 Å². The van der Waals surface area contributed by atoms with Crippen molar-refractivity contribution in [2.24, 2.45) is 0 Å². The van der Waals surface area contributed by atoms with Crippen molar-refractivity contribution in [3.8, 4) is 0 Å². The van der Waals surface area contributed by atoms with Gasteiger partial charge in [0.2, 0.25) is 0 Å². The quantitative estimate of drug-likeness (QED) is 0.711. The molecule has 0 fully saturated rings. The molecule has 2 aromatic rings. The molecule has 4 nitrogen and oxygen atoms in total. The highest BCUT2D eigenvalue weighted by atomic mass is 16.2. The molecular weight excluding hydrogens is 202 g/mol. The van der Waals surface area contributed by atoms with Crippen molar-refractivity contribution in [1.82, 2.24) is 10.3 Å². The van der Waals surface area contributed by atoms with Gasteiger partial charge in [-0.3, -0.25) is 0 Å². The number of rotatable bonds is 2. The largest absolute Gasteiger partial charge is 0.361 e. The maximum atomic E-state index is 11.5. The van der Waals surface area contributed by atoms with Crippen molar-refractivity contribution in [3.63, 3.8) is 0 Å². The van der Waals surface area contributed by atoms with Gasteiger partial charge in [0.1, 0.15) is 0 Å². The second-order valence-electron chi connectivity index (χ2n) is 4.03. The molecular formula is C12H15N3O. The summed E-state index contributed by atoms with van der Waals surface area (Å²) < 4.78 is 0. The average Bonchev–Trinajstić information content (AvgIpc) is 2.63. The lowest BCUT2D eigenvalue weighted by molar-refractivity contribution is 0.250. The van der Waals surface area contributed by atoms with Gasteiger partial charge in [0.05, 0.1) is 0 Å². The molecule has 0 saturated heterocycles. The molecule has 4 heteroatoms. The number of hydrogen-bond acceptors (Lipinski definition) is 1. The summed E-state index contributed by atoms with van der Waals surface area (Å²) in [6, 6.07) is 7.69. The molecule has 0 aliphatic heterocycles. The van der Waals surface area contributed by atoms with Crippen molar-refractivity contribution in [1.29, 1.82) is 0 Å². The van der Waals surface area contributed by atoms with Crippen LogP contribution >= 0.6 is 0 Å². The topological polar surface area (TPSA) is 56.9 Å². The molecule has 0 unspecified atom stereocenters. The summed E-state index contributed by atoms with van der Waals surface area (Å²) in [5.74, 6) is 0. The predicted octanol–water partition coefficient (Wildman–Crippen LogP) is 2.70. The van der Waals surface area contributed by atoms with E-state index in [-0.39, 0.29) is 12.1 Å². The van der Waals surface area contributed by atoms with Gasteiger partial charge in [-0.1, -0.05) is 0 Å². The number of amides is 2. The standard InChI is InChI=1S/C12H15N3O/c1-8(2)14-12(16)15-10-3-4-11-9(7-10)5-6-13-11/h3-8,13H,1-2H3,(H2,14,15,16). The Hall–Kier alpha value is -1.97. The van der Waals surface area contributed by atoms with Gasteiger partial charge in [-0.05, 0) is 38.1 Å². The van der Waals surface area contributed by atoms with E-state index in [0.717, 1.165) is 16.6 Å². The fourth-order valence-electron chi connectivity index (χ4n) is 1.56. The zero-order valence-electron chi connectivity index (χ0n) is 9.37. The summed E-state index contributed by atoms with van der Waals surface area (Å²) in [5, 5.41) is 6.65. The smallest absolute Gasteiger partial charge is 0.319 e. The lowest BCUT2D eigenvalue weighted by Gasteiger charge is -2.09. The first-order chi connectivity index (χ1) is 7.65. The summed E-state index contributed by atoms with van der Waals surface area (Å²) in [6.45, 7) is 3.85. The number of aromatic amines is 1. The number of nitrogens with one attached hydrogen (secondary N) is 3. The molecule has 0 radical (unpaired) electrons. The molecule has 16 heavy (non-hydrogen) atoms. The molecule has 0 saturated carbocycles. The highest BCUT2D eigenvalue weighted by molar-refractivity contribution is 5.92. The van der Waals surface area contributed by atoms with Crippen molar-refractivity contribution in [2.75, 3.05) is 5.32 Å². The van der Waals surface area contributed by atoms with Gasteiger partial charge >= 0.3 is 6.03 Å². The fraction of sp³-hybridized carbons (Fsp3) is 0.250. The zero-order chi connectivity index (χ0) is 11.5. The molecule has 1 aromatic carbocycles. The van der Waals surface area contributed by atoms with Crippen LogP contribution in [0.4, 0.5) is 10.5 Å². The van der Waals surface area contributed by atoms with E-state index in [1.807, 2.05) is 44.3 Å². The van der Waals surface area contributed by atoms with Gasteiger partial charge in [0.15, 0.2) is 0 Å². The number of H-pyrrole nitrogens is 1. The molecule has 2 rings (SSSR count). The molecule has 84 valence electrons. The third kappa shape index (κ3) is 2.34. The van der Waals surface area contributed by atoms with Crippen molar-refractivity contribution in [2.45, 2.75) is 19.9 Å². The molecule has 0 atom stereocenters. The van der Waals surface area contributed by atoms with Gasteiger partial charge in [-0.15, -0.1) is 0 Å². The summed E-state index contributed by atoms with van der Waals surface area (Å²) in [4.78, 5) is 14.6. The van der Waals surface area contributed by atoms with Crippen LogP contribution in [0.1, 0.15) is 13.8 Å². The zero-order valence-corrected chi connectivity index (χ0v) is 9.37. The minimum Gasteiger partial charge on any atom is -0.361 e. The second kappa shape index (κ2) is 4.26. The molecule has 0 spiro atoms. The van der Waals surface area contributed by atoms with E-state index in [4.69, 9.17) is 0 Å². The summed E-state index contributed by atoms with van der Waals surface area (Å²) in [5.41, 5.74) is 1.86. The van der Waals surface area contributed by atoms with E-state index in [9.17, 15) is 4.79 Å². The van der Waals surface area contributed by atoms with Crippen LogP contribution < -0.4 is 10.6 Å². The maximum Gasteiger partial charge on any atom is 0.319 e. The third-order valence-electron chi connectivity index (χ3n) is 2.23. The molecule has 1 heterocycles. The molecule has 0 bridgehead atoms. The van der Waals surface area contributed by atoms with E-state index < -0.39 is 0 Å². The number of carbonyl (C=O) groups is 1. The van der Waals surface area contributed by atoms with Crippen molar-refractivity contribution in [3.05, 3.63) is 30.5 Å². The van der Waals surface area contributed by atoms with Crippen LogP contribution in [0.5, 0.6) is 0 Å². The highest BCUT2D eigenvalue weighted by Gasteiger charge is 2.03. The Bertz CT molecular complexity index is 502. The molecule has 2 amide bonds. The lowest BCUT2D eigenvalue weighted by Crippen LogP contribution is -2.34. The number of hydrogen-bond donors (Lipinski definition) is 3. The van der Waals surface area contributed by atoms with Gasteiger partial charge < -0.3 is 15.6 Å². The first-order valence-electron chi connectivity index (χ1n) is 5.30. The number of fused-ring (bicyclic) bond motifs is 1. The Kier molecular flexibility index (Phi) is 2.81. The van der Waals surface area contributed by atoms with Crippen LogP contribution in [-0.4, -0.2) is 17.1 Å². The number of urea groups is 1. The van der Waals surface area contributed by atoms with E-state index in [1.165, 1.54) is 0 Å². The van der Waals surface area contributed by atoms with Crippen LogP contribution in [0.3, 0.4) is 0 Å². The first kappa shape index (κ1) is 10.5. The van der Waals surface area contributed by atoms with Crippen molar-refractivity contribution < 1.29 is 4.79 Å². The normalized spacial score (nSPS) is 10.7. The van der Waals surface area contributed by atoms with Crippen molar-refractivity contribution >= 4 is 22.6 Å². The van der Waals surface area contributed by atoms with Crippen LogP contribution in [0.15, 0.2) is 30.5 Å². The Morgan fingerprint density at radius 3 is 2.88 bits per heavy atom. The van der Waals surface area contributed by atoms with Crippen LogP contribution in [0.2, 0.25) is 0 Å². The maximum absolute atomic E-state index is 11.5. The lowest BCUT2D eigenvalue weighted by atomic mass is 10.2. The van der Waals surface area contributed by atoms with Crippen LogP contribution in [-0.2, 0) is 0 Å². The first-order valence-corrected chi connectivity index (χ1v) is 5.30. The molecule has 0 aliphatic rings. The van der Waals surface area contributed by atoms with Gasteiger partial charge in [-0.25, -0.2) is 4.79 Å². The Morgan fingerprint density at radius 2 is 2.12 bits per heavy atom. The molecule has 0 aliphatic carbocycles. The second-order valence-corrected chi connectivity index (χ2v) is 4.03. The minimum absolute atomic E-state index is 0.135. The summed E-state index contributed by atoms with van der Waals surface area (Å²) in [6.07, 6.45) is 1.88. The molecule has 3 N–H and O–H groups in total. The average molecular weight is 217 g/mol. The number of benzene rings is 1. The monoisotopic (exact) mass is 217 g/mol. The Morgan fingerprint density at radius 1 is 1.31 bits per heavy atom. The van der Waals surface area contributed by atoms with Crippen LogP contribution in [0.25, 0.3) is 10.9 Å².